The van der Waals surface area contributed by atoms with Crippen LogP contribution in [0.5, 0.6) is 0 Å². The molecule has 5 heteroatoms. The number of aliphatic carboxylic acids is 1. The van der Waals surface area contributed by atoms with Crippen molar-refractivity contribution in [3.8, 4) is 0 Å². The first-order valence-electron chi connectivity index (χ1n) is 5.38. The quantitative estimate of drug-likeness (QED) is 0.625. The largest absolute Gasteiger partial charge is 0.480 e. The third-order valence-corrected chi connectivity index (χ3v) is 2.99. The third-order valence-electron chi connectivity index (χ3n) is 2.99. The summed E-state index contributed by atoms with van der Waals surface area (Å²) >= 11 is 0. The summed E-state index contributed by atoms with van der Waals surface area (Å²) in [6, 6.07) is 7.46. The summed E-state index contributed by atoms with van der Waals surface area (Å²) in [4.78, 5) is 14.4. The van der Waals surface area contributed by atoms with Gasteiger partial charge in [-0.1, -0.05) is 18.2 Å². The topological polar surface area (TPSA) is 105 Å². The van der Waals surface area contributed by atoms with E-state index in [1.807, 2.05) is 24.3 Å². The third kappa shape index (κ3) is 1.79. The van der Waals surface area contributed by atoms with Crippen LogP contribution >= 0.6 is 0 Å². The summed E-state index contributed by atoms with van der Waals surface area (Å²) in [5.74, 6) is -1.06. The van der Waals surface area contributed by atoms with Crippen molar-refractivity contribution in [1.29, 1.82) is 0 Å². The smallest absolute Gasteiger partial charge is 0.328 e. The Hall–Kier alpha value is -1.85. The van der Waals surface area contributed by atoms with Gasteiger partial charge < -0.3 is 21.6 Å². The van der Waals surface area contributed by atoms with Gasteiger partial charge in [0.05, 0.1) is 0 Å². The van der Waals surface area contributed by atoms with E-state index < -0.39 is 11.5 Å². The highest BCUT2D eigenvalue weighted by Gasteiger charge is 2.37. The minimum atomic E-state index is -1.44. The van der Waals surface area contributed by atoms with Crippen LogP contribution in [0.15, 0.2) is 30.5 Å². The summed E-state index contributed by atoms with van der Waals surface area (Å²) < 4.78 is 0. The number of hydrogen-bond acceptors (Lipinski definition) is 3. The van der Waals surface area contributed by atoms with Crippen LogP contribution in [0.4, 0.5) is 0 Å². The molecule has 1 atom stereocenters. The maximum Gasteiger partial charge on any atom is 0.328 e. The summed E-state index contributed by atoms with van der Waals surface area (Å²) in [6.45, 7) is 0.225. The zero-order valence-electron chi connectivity index (χ0n) is 9.31. The van der Waals surface area contributed by atoms with E-state index in [1.165, 1.54) is 0 Å². The molecule has 0 spiro atoms. The lowest BCUT2D eigenvalue weighted by atomic mass is 9.87. The van der Waals surface area contributed by atoms with E-state index in [9.17, 15) is 9.90 Å². The standard InChI is InChI=1S/C12H15N3O2/c13-6-5-12(14,11(16)17)9-7-15-10-4-2-1-3-8(9)10/h1-4,7,15H,5-6,13-14H2,(H,16,17)/t12-/m0/s1. The first-order valence-corrected chi connectivity index (χ1v) is 5.38. The Kier molecular flexibility index (Phi) is 2.87. The van der Waals surface area contributed by atoms with Gasteiger partial charge in [0, 0.05) is 22.7 Å². The molecule has 0 unspecified atom stereocenters. The SMILES string of the molecule is NCC[C@@](N)(C(=O)O)c1c[nH]c2ccccc12. The van der Waals surface area contributed by atoms with E-state index in [0.717, 1.165) is 10.9 Å². The van der Waals surface area contributed by atoms with Crippen molar-refractivity contribution in [2.75, 3.05) is 6.54 Å². The van der Waals surface area contributed by atoms with Gasteiger partial charge in [-0.2, -0.15) is 0 Å². The maximum atomic E-state index is 11.4. The second-order valence-electron chi connectivity index (χ2n) is 4.06. The number of fused-ring (bicyclic) bond motifs is 1. The van der Waals surface area contributed by atoms with Crippen LogP contribution in [0.25, 0.3) is 10.9 Å². The number of aromatic nitrogens is 1. The molecule has 0 saturated heterocycles. The van der Waals surface area contributed by atoms with E-state index in [-0.39, 0.29) is 13.0 Å². The Bertz CT molecular complexity index is 549. The second kappa shape index (κ2) is 4.20. The van der Waals surface area contributed by atoms with Gasteiger partial charge in [0.2, 0.25) is 0 Å². The van der Waals surface area contributed by atoms with Crippen molar-refractivity contribution in [2.45, 2.75) is 12.0 Å². The number of H-pyrrole nitrogens is 1. The summed E-state index contributed by atoms with van der Waals surface area (Å²) in [6.07, 6.45) is 1.85. The molecular formula is C12H15N3O2. The molecule has 0 aliphatic rings. The predicted molar refractivity (Wildman–Crippen MR) is 65.5 cm³/mol. The lowest BCUT2D eigenvalue weighted by Crippen LogP contribution is -2.46. The molecule has 1 aromatic heterocycles. The van der Waals surface area contributed by atoms with Gasteiger partial charge in [-0.25, -0.2) is 4.79 Å². The average molecular weight is 233 g/mol. The molecule has 0 aliphatic carbocycles. The first-order chi connectivity index (χ1) is 8.09. The lowest BCUT2D eigenvalue weighted by Gasteiger charge is -2.23. The van der Waals surface area contributed by atoms with Gasteiger partial charge >= 0.3 is 5.97 Å². The predicted octanol–water partition coefficient (Wildman–Crippen LogP) is 0.755. The molecule has 2 aromatic rings. The molecule has 2 rings (SSSR count). The Balaban J connectivity index is 2.60. The Morgan fingerprint density at radius 3 is 2.76 bits per heavy atom. The molecule has 0 saturated carbocycles. The van der Waals surface area contributed by atoms with Crippen molar-refractivity contribution in [1.82, 2.24) is 4.98 Å². The summed E-state index contributed by atoms with van der Waals surface area (Å²) in [5.41, 5.74) is 11.4. The van der Waals surface area contributed by atoms with Crippen LogP contribution in [0.1, 0.15) is 12.0 Å². The number of carboxylic acids is 1. The number of carbonyl (C=O) groups is 1. The average Bonchev–Trinajstić information content (AvgIpc) is 2.73. The van der Waals surface area contributed by atoms with Crippen molar-refractivity contribution < 1.29 is 9.90 Å². The van der Waals surface area contributed by atoms with Gasteiger partial charge in [-0.3, -0.25) is 0 Å². The van der Waals surface area contributed by atoms with Crippen LogP contribution in [-0.4, -0.2) is 22.6 Å². The number of aromatic amines is 1. The van der Waals surface area contributed by atoms with Crippen molar-refractivity contribution in [2.24, 2.45) is 11.5 Å². The Labute approximate surface area is 98.4 Å². The highest BCUT2D eigenvalue weighted by Crippen LogP contribution is 2.29. The summed E-state index contributed by atoms with van der Waals surface area (Å²) in [7, 11) is 0. The highest BCUT2D eigenvalue weighted by molar-refractivity contribution is 5.91. The fraction of sp³-hybridized carbons (Fsp3) is 0.250. The molecule has 0 fully saturated rings. The van der Waals surface area contributed by atoms with E-state index in [0.29, 0.717) is 5.56 Å². The van der Waals surface area contributed by atoms with E-state index >= 15 is 0 Å². The molecular weight excluding hydrogens is 218 g/mol. The van der Waals surface area contributed by atoms with Crippen molar-refractivity contribution in [3.05, 3.63) is 36.0 Å². The van der Waals surface area contributed by atoms with Gasteiger partial charge in [0.15, 0.2) is 0 Å². The van der Waals surface area contributed by atoms with Gasteiger partial charge in [-0.05, 0) is 19.0 Å². The fourth-order valence-electron chi connectivity index (χ4n) is 2.03. The van der Waals surface area contributed by atoms with Crippen LogP contribution in [0.3, 0.4) is 0 Å². The molecule has 17 heavy (non-hydrogen) atoms. The van der Waals surface area contributed by atoms with Gasteiger partial charge in [0.1, 0.15) is 5.54 Å². The van der Waals surface area contributed by atoms with Crippen molar-refractivity contribution in [3.63, 3.8) is 0 Å². The molecule has 1 aromatic carbocycles. The van der Waals surface area contributed by atoms with Crippen molar-refractivity contribution >= 4 is 16.9 Å². The second-order valence-corrected chi connectivity index (χ2v) is 4.06. The number of hydrogen-bond donors (Lipinski definition) is 4. The van der Waals surface area contributed by atoms with Crippen LogP contribution in [0, 0.1) is 0 Å². The Morgan fingerprint density at radius 2 is 2.12 bits per heavy atom. The Morgan fingerprint density at radius 1 is 1.41 bits per heavy atom. The van der Waals surface area contributed by atoms with E-state index in [4.69, 9.17) is 11.5 Å². The van der Waals surface area contributed by atoms with E-state index in [1.54, 1.807) is 6.20 Å². The number of para-hydroxylation sites is 1. The maximum absolute atomic E-state index is 11.4. The zero-order chi connectivity index (χ0) is 12.5. The zero-order valence-corrected chi connectivity index (χ0v) is 9.31. The van der Waals surface area contributed by atoms with E-state index in [2.05, 4.69) is 4.98 Å². The number of nitrogens with one attached hydrogen (secondary N) is 1. The van der Waals surface area contributed by atoms with Gasteiger partial charge in [-0.15, -0.1) is 0 Å². The van der Waals surface area contributed by atoms with Crippen LogP contribution in [0.2, 0.25) is 0 Å². The first kappa shape index (κ1) is 11.6. The molecule has 0 radical (unpaired) electrons. The fourth-order valence-corrected chi connectivity index (χ4v) is 2.03. The molecule has 90 valence electrons. The monoisotopic (exact) mass is 233 g/mol. The molecule has 1 heterocycles. The number of rotatable bonds is 4. The van der Waals surface area contributed by atoms with Crippen LogP contribution in [-0.2, 0) is 10.3 Å². The lowest BCUT2D eigenvalue weighted by molar-refractivity contribution is -0.143. The minimum absolute atomic E-state index is 0.199. The number of carboxylic acid groups (broad SMARTS) is 1. The number of benzene rings is 1. The summed E-state index contributed by atoms with van der Waals surface area (Å²) in [5, 5.41) is 10.1. The molecule has 6 N–H and O–H groups in total. The molecule has 5 nitrogen and oxygen atoms in total. The number of nitrogens with two attached hydrogens (primary N) is 2. The van der Waals surface area contributed by atoms with Crippen LogP contribution < -0.4 is 11.5 Å². The highest BCUT2D eigenvalue weighted by atomic mass is 16.4. The molecule has 0 aliphatic heterocycles. The minimum Gasteiger partial charge on any atom is -0.480 e. The molecule has 0 bridgehead atoms. The molecule has 0 amide bonds. The van der Waals surface area contributed by atoms with Gasteiger partial charge in [0.25, 0.3) is 0 Å². The normalized spacial score (nSPS) is 14.7.